The van der Waals surface area contributed by atoms with Crippen LogP contribution in [0.5, 0.6) is 5.75 Å². The fraction of sp³-hybridized carbons (Fsp3) is 0.644. The second kappa shape index (κ2) is 20.0. The predicted molar refractivity (Wildman–Crippen MR) is 229 cm³/mol. The molecule has 340 valence electrons. The average molecular weight is 881 g/mol. The van der Waals surface area contributed by atoms with Gasteiger partial charge in [-0.2, -0.15) is 0 Å². The van der Waals surface area contributed by atoms with Gasteiger partial charge in [-0.1, -0.05) is 32.4 Å². The van der Waals surface area contributed by atoms with Crippen molar-refractivity contribution < 1.29 is 41.5 Å². The summed E-state index contributed by atoms with van der Waals surface area (Å²) in [6.07, 6.45) is -0.113. The van der Waals surface area contributed by atoms with Crippen molar-refractivity contribution in [2.45, 2.75) is 112 Å². The first-order valence-electron chi connectivity index (χ1n) is 21.3. The molecule has 2 aliphatic heterocycles. The van der Waals surface area contributed by atoms with E-state index in [2.05, 4.69) is 35.8 Å². The Morgan fingerprint density at radius 2 is 1.23 bits per heavy atom. The molecule has 2 aromatic rings. The lowest BCUT2D eigenvalue weighted by Gasteiger charge is -2.59. The largest absolute Gasteiger partial charge is 0.573 e. The molecule has 4 N–H and O–H groups in total. The lowest BCUT2D eigenvalue weighted by molar-refractivity contribution is -0.275. The van der Waals surface area contributed by atoms with Gasteiger partial charge in [-0.3, -0.25) is 29.0 Å². The lowest BCUT2D eigenvalue weighted by Crippen LogP contribution is -2.65. The van der Waals surface area contributed by atoms with Gasteiger partial charge in [0.25, 0.3) is 11.8 Å². The minimum atomic E-state index is -5.04. The van der Waals surface area contributed by atoms with Gasteiger partial charge < -0.3 is 26.0 Å². The number of amides is 4. The molecular formula is C45H65ClF4N6O5. The third-order valence-electron chi connectivity index (χ3n) is 11.6. The van der Waals surface area contributed by atoms with Crippen LogP contribution in [0.15, 0.2) is 36.4 Å². The zero-order chi connectivity index (χ0) is 45.6. The van der Waals surface area contributed by atoms with E-state index < -0.39 is 23.8 Å². The molecule has 4 aliphatic rings. The van der Waals surface area contributed by atoms with Crippen LogP contribution >= 0.6 is 11.6 Å². The highest BCUT2D eigenvalue weighted by Gasteiger charge is 2.53. The van der Waals surface area contributed by atoms with E-state index in [1.807, 2.05) is 74.4 Å². The van der Waals surface area contributed by atoms with Crippen LogP contribution in [0.2, 0.25) is 5.02 Å². The van der Waals surface area contributed by atoms with Crippen LogP contribution < -0.4 is 26.0 Å². The Morgan fingerprint density at radius 3 is 1.67 bits per heavy atom. The number of carbonyl (C=O) groups excluding carboxylic acids is 4. The highest BCUT2D eigenvalue weighted by atomic mass is 35.5. The maximum atomic E-state index is 13.5. The van der Waals surface area contributed by atoms with E-state index in [9.17, 15) is 36.7 Å². The number of rotatable bonds is 13. The third-order valence-corrected chi connectivity index (χ3v) is 11.8. The number of halogens is 5. The molecule has 0 unspecified atom stereocenters. The van der Waals surface area contributed by atoms with E-state index in [-0.39, 0.29) is 45.7 Å². The minimum Gasteiger partial charge on any atom is -0.403 e. The summed E-state index contributed by atoms with van der Waals surface area (Å²) < 4.78 is 54.1. The van der Waals surface area contributed by atoms with E-state index in [0.717, 1.165) is 82.0 Å². The van der Waals surface area contributed by atoms with Crippen LogP contribution in [-0.2, 0) is 9.59 Å². The molecule has 4 amide bonds. The van der Waals surface area contributed by atoms with Crippen molar-refractivity contribution >= 4 is 35.2 Å². The molecule has 4 fully saturated rings. The van der Waals surface area contributed by atoms with Gasteiger partial charge in [0.2, 0.25) is 11.8 Å². The molecule has 0 bridgehead atoms. The Kier molecular flexibility index (Phi) is 16.3. The van der Waals surface area contributed by atoms with Crippen molar-refractivity contribution in [3.8, 4) is 5.75 Å². The van der Waals surface area contributed by atoms with Crippen molar-refractivity contribution in [1.82, 2.24) is 31.1 Å². The highest BCUT2D eigenvalue weighted by molar-refractivity contribution is 6.31. The Bertz CT molecular complexity index is 1840. The van der Waals surface area contributed by atoms with Gasteiger partial charge >= 0.3 is 6.36 Å². The maximum absolute atomic E-state index is 13.5. The number of aryl methyl sites for hydroxylation is 1. The smallest absolute Gasteiger partial charge is 0.403 e. The monoisotopic (exact) mass is 880 g/mol. The summed E-state index contributed by atoms with van der Waals surface area (Å²) in [7, 11) is 0. The van der Waals surface area contributed by atoms with Crippen LogP contribution in [0, 0.1) is 35.4 Å². The number of ether oxygens (including phenoxy) is 1. The second-order valence-corrected chi connectivity index (χ2v) is 19.5. The molecular weight excluding hydrogens is 816 g/mol. The Balaban J connectivity index is 0.000000261. The number of carbonyl (C=O) groups is 4. The summed E-state index contributed by atoms with van der Waals surface area (Å²) in [5, 5.41) is 12.4. The number of likely N-dealkylation sites (tertiary alicyclic amines) is 2. The van der Waals surface area contributed by atoms with Crippen molar-refractivity contribution in [2.24, 2.45) is 22.7 Å². The van der Waals surface area contributed by atoms with Crippen LogP contribution in [0.3, 0.4) is 0 Å². The van der Waals surface area contributed by atoms with E-state index in [4.69, 9.17) is 11.6 Å². The molecule has 11 nitrogen and oxygen atoms in total. The molecule has 2 aromatic carbocycles. The normalized spacial score (nSPS) is 19.3. The first-order chi connectivity index (χ1) is 28.3. The van der Waals surface area contributed by atoms with E-state index in [1.54, 1.807) is 6.07 Å². The molecule has 6 rings (SSSR count). The van der Waals surface area contributed by atoms with Gasteiger partial charge in [-0.05, 0) is 138 Å². The summed E-state index contributed by atoms with van der Waals surface area (Å²) in [6, 6.07) is 8.04. The molecule has 61 heavy (non-hydrogen) atoms. The highest BCUT2D eigenvalue weighted by Crippen LogP contribution is 2.52. The lowest BCUT2D eigenvalue weighted by atomic mass is 9.57. The average Bonchev–Trinajstić information content (AvgIpc) is 3.08. The van der Waals surface area contributed by atoms with Crippen LogP contribution in [0.4, 0.5) is 17.6 Å². The molecule has 0 radical (unpaired) electrons. The number of benzene rings is 2. The number of nitrogens with zero attached hydrogens (tertiary/aromatic N) is 2. The minimum absolute atomic E-state index is 0.0167. The van der Waals surface area contributed by atoms with Crippen LogP contribution in [-0.4, -0.2) is 103 Å². The molecule has 2 aliphatic carbocycles. The third kappa shape index (κ3) is 14.8. The number of hydrogen-bond donors (Lipinski definition) is 4. The molecule has 0 atom stereocenters. The number of alkyl halides is 3. The second-order valence-electron chi connectivity index (χ2n) is 19.1. The van der Waals surface area contributed by atoms with E-state index in [0.29, 0.717) is 48.1 Å². The van der Waals surface area contributed by atoms with Gasteiger partial charge in [-0.15, -0.1) is 13.2 Å². The molecule has 2 spiro atoms. The molecule has 0 aromatic heterocycles. The molecule has 16 heteroatoms. The Hall–Kier alpha value is -3.95. The maximum Gasteiger partial charge on any atom is 0.573 e. The standard InChI is InChI=1S/C22H29F4N3O3.C21H30ClN3O2.C2H6/c1-4-20(2,3)28-18(30)11-29-12-21(13-29)8-14(9-21)10-27-19(31)15-5-6-16(23)17(7-15)32-22(24,25)26;1-14-5-16(7-17(22)6-14)19(27)23-10-15-8-21(9-15)12-25(13-21)11-18(26)24-20(2,3)4;1-2/h5-7,14H,4,8-13H2,1-3H3,(H,27,31)(H,28,30);5-7,15H,8-13H2,1-4H3,(H,23,27)(H,24,26);1-2H3. The van der Waals surface area contributed by atoms with Crippen molar-refractivity contribution in [1.29, 1.82) is 0 Å². The molecule has 2 saturated carbocycles. The van der Waals surface area contributed by atoms with Gasteiger partial charge in [0.1, 0.15) is 0 Å². The Morgan fingerprint density at radius 1 is 0.754 bits per heavy atom. The van der Waals surface area contributed by atoms with E-state index >= 15 is 0 Å². The predicted octanol–water partition coefficient (Wildman–Crippen LogP) is 7.50. The van der Waals surface area contributed by atoms with Crippen LogP contribution in [0.1, 0.15) is 114 Å². The number of nitrogens with one attached hydrogen (secondary N) is 4. The summed E-state index contributed by atoms with van der Waals surface area (Å²) >= 11 is 6.03. The fourth-order valence-electron chi connectivity index (χ4n) is 8.93. The van der Waals surface area contributed by atoms with Crippen molar-refractivity contribution in [2.75, 3.05) is 52.4 Å². The van der Waals surface area contributed by atoms with E-state index in [1.165, 1.54) is 0 Å². The van der Waals surface area contributed by atoms with Crippen molar-refractivity contribution in [3.05, 3.63) is 63.9 Å². The quantitative estimate of drug-likeness (QED) is 0.153. The molecule has 2 heterocycles. The van der Waals surface area contributed by atoms with Gasteiger partial charge in [-0.25, -0.2) is 4.39 Å². The topological polar surface area (TPSA) is 132 Å². The fourth-order valence-corrected chi connectivity index (χ4v) is 9.22. The first kappa shape index (κ1) is 49.7. The first-order valence-corrected chi connectivity index (χ1v) is 21.7. The van der Waals surface area contributed by atoms with Gasteiger partial charge in [0.05, 0.1) is 13.1 Å². The zero-order valence-corrected chi connectivity index (χ0v) is 37.9. The summed E-state index contributed by atoms with van der Waals surface area (Å²) in [5.41, 5.74) is 1.65. The molecule has 2 saturated heterocycles. The summed E-state index contributed by atoms with van der Waals surface area (Å²) in [6.45, 7) is 23.5. The van der Waals surface area contributed by atoms with Crippen LogP contribution in [0.25, 0.3) is 0 Å². The SMILES string of the molecule is CC.CCC(C)(C)NC(=O)CN1CC2(CC(CNC(=O)c3ccc(F)c(OC(F)(F)F)c3)C2)C1.Cc1cc(Cl)cc(C(=O)NCC2CC3(C2)CN(CC(=O)NC(C)(C)C)C3)c1. The number of hydrogen-bond acceptors (Lipinski definition) is 7. The van der Waals surface area contributed by atoms with Crippen molar-refractivity contribution in [3.63, 3.8) is 0 Å². The van der Waals surface area contributed by atoms with Gasteiger partial charge in [0.15, 0.2) is 11.6 Å². The van der Waals surface area contributed by atoms with Gasteiger partial charge in [0, 0.05) is 66.5 Å². The Labute approximate surface area is 363 Å². The summed E-state index contributed by atoms with van der Waals surface area (Å²) in [4.78, 5) is 53.0. The summed E-state index contributed by atoms with van der Waals surface area (Å²) in [5.74, 6) is -1.96. The zero-order valence-electron chi connectivity index (χ0n) is 37.1.